The number of hydrogen-bond acceptors (Lipinski definition) is 3. The summed E-state index contributed by atoms with van der Waals surface area (Å²) in [5.74, 6) is 1.30. The molecule has 0 spiro atoms. The lowest BCUT2D eigenvalue weighted by molar-refractivity contribution is -0.139. The predicted octanol–water partition coefficient (Wildman–Crippen LogP) is 6.92. The van der Waals surface area contributed by atoms with Crippen LogP contribution in [-0.4, -0.2) is 53.8 Å². The molecular formula is C34H49N3O2. The summed E-state index contributed by atoms with van der Waals surface area (Å²) >= 11 is 0. The summed E-state index contributed by atoms with van der Waals surface area (Å²) in [4.78, 5) is 30.3. The molecule has 2 fully saturated rings. The van der Waals surface area contributed by atoms with Crippen LogP contribution in [-0.2, 0) is 16.6 Å². The van der Waals surface area contributed by atoms with Crippen molar-refractivity contribution in [2.45, 2.75) is 91.0 Å². The largest absolute Gasteiger partial charge is 0.342 e. The number of carbonyl (C=O) groups is 2. The van der Waals surface area contributed by atoms with E-state index >= 15 is 0 Å². The fourth-order valence-corrected chi connectivity index (χ4v) is 5.93. The normalized spacial score (nSPS) is 17.6. The molecule has 1 aliphatic heterocycles. The first-order valence-corrected chi connectivity index (χ1v) is 15.2. The van der Waals surface area contributed by atoms with E-state index < -0.39 is 0 Å². The number of benzene rings is 2. The first-order chi connectivity index (χ1) is 18.6. The Balaban J connectivity index is 1.30. The molecule has 39 heavy (non-hydrogen) atoms. The van der Waals surface area contributed by atoms with E-state index in [2.05, 4.69) is 61.9 Å². The molecule has 1 aliphatic carbocycles. The van der Waals surface area contributed by atoms with E-state index in [-0.39, 0.29) is 11.3 Å². The number of likely N-dealkylation sites (tertiary alicyclic amines) is 1. The van der Waals surface area contributed by atoms with Crippen LogP contribution in [0.4, 0.5) is 5.69 Å². The number of anilines is 1. The molecule has 0 radical (unpaired) electrons. The Kier molecular flexibility index (Phi) is 9.87. The smallest absolute Gasteiger partial charge is 0.255 e. The molecule has 0 aromatic heterocycles. The van der Waals surface area contributed by atoms with Gasteiger partial charge in [0, 0.05) is 42.8 Å². The molecule has 1 saturated carbocycles. The Morgan fingerprint density at radius 3 is 2.31 bits per heavy atom. The van der Waals surface area contributed by atoms with Crippen LogP contribution in [0.1, 0.15) is 94.6 Å². The van der Waals surface area contributed by atoms with Crippen molar-refractivity contribution in [3.05, 3.63) is 65.2 Å². The summed E-state index contributed by atoms with van der Waals surface area (Å²) in [6, 6.07) is 16.6. The quantitative estimate of drug-likeness (QED) is 0.362. The second-order valence-electron chi connectivity index (χ2n) is 12.9. The van der Waals surface area contributed by atoms with Gasteiger partial charge in [-0.15, -0.1) is 0 Å². The second-order valence-corrected chi connectivity index (χ2v) is 12.9. The minimum absolute atomic E-state index is 0.0671. The molecule has 2 aromatic carbocycles. The fraction of sp³-hybridized carbons (Fsp3) is 0.588. The highest BCUT2D eigenvalue weighted by molar-refractivity contribution is 6.04. The molecule has 2 aliphatic rings. The zero-order valence-electron chi connectivity index (χ0n) is 24.8. The van der Waals surface area contributed by atoms with E-state index in [1.807, 2.05) is 36.4 Å². The van der Waals surface area contributed by atoms with E-state index in [1.165, 1.54) is 17.5 Å². The summed E-state index contributed by atoms with van der Waals surface area (Å²) in [5.41, 5.74) is 4.05. The highest BCUT2D eigenvalue weighted by Crippen LogP contribution is 2.30. The third-order valence-electron chi connectivity index (χ3n) is 8.74. The molecule has 1 atom stereocenters. The van der Waals surface area contributed by atoms with E-state index in [4.69, 9.17) is 0 Å². The molecule has 5 heteroatoms. The van der Waals surface area contributed by atoms with Crippen LogP contribution in [0.25, 0.3) is 0 Å². The molecule has 1 heterocycles. The topological polar surface area (TPSA) is 52.6 Å². The zero-order valence-corrected chi connectivity index (χ0v) is 24.8. The first kappa shape index (κ1) is 29.3. The van der Waals surface area contributed by atoms with Crippen molar-refractivity contribution in [3.8, 4) is 0 Å². The third kappa shape index (κ3) is 7.94. The van der Waals surface area contributed by atoms with Crippen molar-refractivity contribution in [1.29, 1.82) is 0 Å². The second kappa shape index (κ2) is 13.1. The molecular weight excluding hydrogens is 482 g/mol. The molecule has 1 saturated heterocycles. The van der Waals surface area contributed by atoms with Gasteiger partial charge in [0.05, 0.1) is 0 Å². The molecule has 212 valence electrons. The van der Waals surface area contributed by atoms with Crippen LogP contribution in [0, 0.1) is 11.8 Å². The van der Waals surface area contributed by atoms with Crippen LogP contribution in [0.15, 0.2) is 48.5 Å². The van der Waals surface area contributed by atoms with Crippen LogP contribution in [0.3, 0.4) is 0 Å². The highest BCUT2D eigenvalue weighted by Gasteiger charge is 2.32. The van der Waals surface area contributed by atoms with Crippen LogP contribution < -0.4 is 5.32 Å². The summed E-state index contributed by atoms with van der Waals surface area (Å²) < 4.78 is 0. The van der Waals surface area contributed by atoms with Gasteiger partial charge < -0.3 is 15.1 Å². The van der Waals surface area contributed by atoms with Gasteiger partial charge in [-0.2, -0.15) is 0 Å². The van der Waals surface area contributed by atoms with Crippen molar-refractivity contribution < 1.29 is 9.59 Å². The average Bonchev–Trinajstić information content (AvgIpc) is 2.87. The van der Waals surface area contributed by atoms with Crippen LogP contribution >= 0.6 is 0 Å². The molecule has 2 amide bonds. The summed E-state index contributed by atoms with van der Waals surface area (Å²) in [5, 5.41) is 3.09. The summed E-state index contributed by atoms with van der Waals surface area (Å²) in [7, 11) is 0. The predicted molar refractivity (Wildman–Crippen MR) is 161 cm³/mol. The monoisotopic (exact) mass is 531 g/mol. The molecule has 0 bridgehead atoms. The Bertz CT molecular complexity index is 1090. The number of nitrogens with one attached hydrogen (secondary N) is 1. The Morgan fingerprint density at radius 1 is 1.03 bits per heavy atom. The lowest BCUT2D eigenvalue weighted by Crippen LogP contribution is -2.46. The van der Waals surface area contributed by atoms with Crippen LogP contribution in [0.2, 0.25) is 0 Å². The van der Waals surface area contributed by atoms with E-state index in [0.29, 0.717) is 29.3 Å². The van der Waals surface area contributed by atoms with Crippen molar-refractivity contribution in [2.75, 3.05) is 31.5 Å². The fourth-order valence-electron chi connectivity index (χ4n) is 5.93. The molecule has 2 aromatic rings. The number of piperidine rings is 1. The van der Waals surface area contributed by atoms with Crippen molar-refractivity contribution >= 4 is 17.5 Å². The third-order valence-corrected chi connectivity index (χ3v) is 8.74. The minimum Gasteiger partial charge on any atom is -0.342 e. The van der Waals surface area contributed by atoms with Crippen molar-refractivity contribution in [2.24, 2.45) is 11.8 Å². The average molecular weight is 532 g/mol. The van der Waals surface area contributed by atoms with Gasteiger partial charge in [0.25, 0.3) is 5.91 Å². The SMILES string of the molecule is CCCN(CC1CCN(C(=O)C2CCC2)CC1)C(C)Cc1cccc(NC(=O)c2ccc(C(C)(C)C)cc2)c1. The van der Waals surface area contributed by atoms with Gasteiger partial charge in [-0.1, -0.05) is 58.4 Å². The van der Waals surface area contributed by atoms with Gasteiger partial charge in [-0.3, -0.25) is 9.59 Å². The zero-order chi connectivity index (χ0) is 28.0. The number of amides is 2. The maximum atomic E-state index is 12.9. The number of hydrogen-bond donors (Lipinski definition) is 1. The van der Waals surface area contributed by atoms with Gasteiger partial charge in [-0.05, 0) is 98.7 Å². The Morgan fingerprint density at radius 2 is 1.72 bits per heavy atom. The van der Waals surface area contributed by atoms with Gasteiger partial charge in [0.15, 0.2) is 0 Å². The highest BCUT2D eigenvalue weighted by atomic mass is 16.2. The van der Waals surface area contributed by atoms with E-state index in [9.17, 15) is 9.59 Å². The molecule has 1 unspecified atom stereocenters. The standard InChI is InChI=1S/C34H49N3O2/c1-6-19-37(24-26-17-20-36(21-18-26)33(39)29-10-8-11-29)25(2)22-27-9-7-12-31(23-27)35-32(38)28-13-15-30(16-14-28)34(3,4)5/h7,9,12-16,23,25-26,29H,6,8,10-11,17-22,24H2,1-5H3,(H,35,38). The summed E-state index contributed by atoms with van der Waals surface area (Å²) in [6.07, 6.45) is 7.72. The molecule has 1 N–H and O–H groups in total. The maximum Gasteiger partial charge on any atom is 0.255 e. The Hall–Kier alpha value is -2.66. The lowest BCUT2D eigenvalue weighted by Gasteiger charge is -2.39. The minimum atomic E-state index is -0.0737. The van der Waals surface area contributed by atoms with E-state index in [0.717, 1.165) is 70.4 Å². The Labute approximate surface area is 236 Å². The maximum absolute atomic E-state index is 12.9. The number of carbonyl (C=O) groups excluding carboxylic acids is 2. The van der Waals surface area contributed by atoms with Crippen molar-refractivity contribution in [1.82, 2.24) is 9.80 Å². The first-order valence-electron chi connectivity index (χ1n) is 15.2. The van der Waals surface area contributed by atoms with Gasteiger partial charge in [-0.25, -0.2) is 0 Å². The van der Waals surface area contributed by atoms with E-state index in [1.54, 1.807) is 0 Å². The van der Waals surface area contributed by atoms with Gasteiger partial charge >= 0.3 is 0 Å². The summed E-state index contributed by atoms with van der Waals surface area (Å²) in [6.45, 7) is 15.2. The van der Waals surface area contributed by atoms with Gasteiger partial charge in [0.2, 0.25) is 5.91 Å². The number of nitrogens with zero attached hydrogens (tertiary/aromatic N) is 2. The van der Waals surface area contributed by atoms with Crippen molar-refractivity contribution in [3.63, 3.8) is 0 Å². The van der Waals surface area contributed by atoms with Gasteiger partial charge in [0.1, 0.15) is 0 Å². The van der Waals surface area contributed by atoms with Crippen LogP contribution in [0.5, 0.6) is 0 Å². The molecule has 4 rings (SSSR count). The molecule has 5 nitrogen and oxygen atoms in total. The lowest BCUT2D eigenvalue weighted by atomic mass is 9.83. The number of rotatable bonds is 10.